The number of piperazine rings is 1. The number of carbonyl (C=O) groups is 1. The van der Waals surface area contributed by atoms with Gasteiger partial charge in [0.05, 0.1) is 11.6 Å². The standard InChI is InChI=1S/C25H24N4O3/c26-16-19-4-7-21(8-5-19)23-9-6-20(18-32-25(30)31)15-22(23)17-28-11-13-29(14-12-28)24-3-1-2-10-27-24/h1-10,15H,11-14,17-18H2,(H,30,31). The minimum Gasteiger partial charge on any atom is -0.450 e. The van der Waals surface area contributed by atoms with E-state index < -0.39 is 6.16 Å². The molecule has 0 aliphatic carbocycles. The Bertz CT molecular complexity index is 1100. The van der Waals surface area contributed by atoms with Crippen LogP contribution in [0.1, 0.15) is 16.7 Å². The number of aromatic nitrogens is 1. The first-order chi connectivity index (χ1) is 15.6. The Kier molecular flexibility index (Phi) is 6.63. The Morgan fingerprint density at radius 2 is 1.84 bits per heavy atom. The van der Waals surface area contributed by atoms with E-state index in [9.17, 15) is 4.79 Å². The Balaban J connectivity index is 1.53. The van der Waals surface area contributed by atoms with E-state index in [1.807, 2.05) is 66.9 Å². The second-order valence-corrected chi connectivity index (χ2v) is 7.69. The molecule has 1 saturated heterocycles. The number of hydrogen-bond donors (Lipinski definition) is 1. The number of benzene rings is 2. The number of anilines is 1. The molecule has 2 heterocycles. The fraction of sp³-hybridized carbons (Fsp3) is 0.240. The van der Waals surface area contributed by atoms with Crippen molar-refractivity contribution in [3.05, 3.63) is 83.6 Å². The molecule has 0 unspecified atom stereocenters. The molecule has 0 radical (unpaired) electrons. The number of pyridine rings is 1. The van der Waals surface area contributed by atoms with E-state index in [0.29, 0.717) is 5.56 Å². The highest BCUT2D eigenvalue weighted by Gasteiger charge is 2.19. The van der Waals surface area contributed by atoms with Gasteiger partial charge in [-0.2, -0.15) is 5.26 Å². The first kappa shape index (κ1) is 21.3. The van der Waals surface area contributed by atoms with Crippen LogP contribution < -0.4 is 4.90 Å². The third-order valence-corrected chi connectivity index (χ3v) is 5.60. The largest absolute Gasteiger partial charge is 0.506 e. The fourth-order valence-corrected chi connectivity index (χ4v) is 3.94. The van der Waals surface area contributed by atoms with Gasteiger partial charge in [0, 0.05) is 38.9 Å². The van der Waals surface area contributed by atoms with Crippen LogP contribution >= 0.6 is 0 Å². The lowest BCUT2D eigenvalue weighted by atomic mass is 9.96. The molecule has 1 N–H and O–H groups in total. The van der Waals surface area contributed by atoms with Crippen LogP contribution in [0.4, 0.5) is 10.6 Å². The van der Waals surface area contributed by atoms with Crippen molar-refractivity contribution in [1.29, 1.82) is 5.26 Å². The van der Waals surface area contributed by atoms with Crippen molar-refractivity contribution in [3.63, 3.8) is 0 Å². The predicted octanol–water partition coefficient (Wildman–Crippen LogP) is 4.14. The molecular weight excluding hydrogens is 404 g/mol. The molecule has 7 heteroatoms. The molecule has 7 nitrogen and oxygen atoms in total. The second kappa shape index (κ2) is 9.94. The van der Waals surface area contributed by atoms with E-state index in [1.54, 1.807) is 0 Å². The molecule has 0 spiro atoms. The van der Waals surface area contributed by atoms with Crippen molar-refractivity contribution in [2.75, 3.05) is 31.1 Å². The summed E-state index contributed by atoms with van der Waals surface area (Å²) in [6.45, 7) is 4.35. The van der Waals surface area contributed by atoms with Gasteiger partial charge >= 0.3 is 6.16 Å². The first-order valence-electron chi connectivity index (χ1n) is 10.5. The SMILES string of the molecule is N#Cc1ccc(-c2ccc(COC(=O)O)cc2CN2CCN(c3ccccn3)CC2)cc1. The van der Waals surface area contributed by atoms with Gasteiger partial charge < -0.3 is 14.7 Å². The summed E-state index contributed by atoms with van der Waals surface area (Å²) < 4.78 is 4.77. The summed E-state index contributed by atoms with van der Waals surface area (Å²) in [7, 11) is 0. The molecule has 0 amide bonds. The highest BCUT2D eigenvalue weighted by atomic mass is 16.7. The summed E-state index contributed by atoms with van der Waals surface area (Å²) in [6.07, 6.45) is 0.532. The average molecular weight is 428 g/mol. The van der Waals surface area contributed by atoms with Crippen molar-refractivity contribution >= 4 is 12.0 Å². The molecule has 162 valence electrons. The number of nitrogens with zero attached hydrogens (tertiary/aromatic N) is 4. The van der Waals surface area contributed by atoms with Crippen LogP contribution in [0.2, 0.25) is 0 Å². The molecule has 0 saturated carbocycles. The summed E-state index contributed by atoms with van der Waals surface area (Å²) in [5, 5.41) is 17.9. The molecule has 1 aromatic heterocycles. The van der Waals surface area contributed by atoms with Gasteiger partial charge in [0.1, 0.15) is 12.4 Å². The number of nitriles is 1. The number of ether oxygens (including phenoxy) is 1. The zero-order valence-electron chi connectivity index (χ0n) is 17.6. The smallest absolute Gasteiger partial charge is 0.450 e. The van der Waals surface area contributed by atoms with Crippen LogP contribution in [-0.2, 0) is 17.9 Å². The maximum Gasteiger partial charge on any atom is 0.506 e. The Labute approximate surface area is 187 Å². The molecule has 3 aromatic rings. The molecule has 1 fully saturated rings. The van der Waals surface area contributed by atoms with Crippen molar-refractivity contribution in [2.45, 2.75) is 13.2 Å². The summed E-state index contributed by atoms with van der Waals surface area (Å²) in [5.41, 5.74) is 4.63. The molecule has 32 heavy (non-hydrogen) atoms. The highest BCUT2D eigenvalue weighted by molar-refractivity contribution is 5.68. The molecule has 1 aliphatic heterocycles. The zero-order valence-corrected chi connectivity index (χ0v) is 17.6. The summed E-state index contributed by atoms with van der Waals surface area (Å²) in [6, 6.07) is 21.5. The Morgan fingerprint density at radius 3 is 2.50 bits per heavy atom. The molecule has 0 atom stereocenters. The van der Waals surface area contributed by atoms with Crippen LogP contribution in [0.25, 0.3) is 11.1 Å². The van der Waals surface area contributed by atoms with E-state index in [2.05, 4.69) is 20.9 Å². The van der Waals surface area contributed by atoms with E-state index in [-0.39, 0.29) is 6.61 Å². The van der Waals surface area contributed by atoms with Crippen molar-refractivity contribution in [2.24, 2.45) is 0 Å². The maximum absolute atomic E-state index is 10.8. The molecule has 4 rings (SSSR count). The first-order valence-corrected chi connectivity index (χ1v) is 10.5. The lowest BCUT2D eigenvalue weighted by molar-refractivity contribution is 0.0853. The van der Waals surface area contributed by atoms with Gasteiger partial charge in [0.15, 0.2) is 0 Å². The Morgan fingerprint density at radius 1 is 1.06 bits per heavy atom. The van der Waals surface area contributed by atoms with E-state index in [0.717, 1.165) is 60.8 Å². The summed E-state index contributed by atoms with van der Waals surface area (Å²) >= 11 is 0. The lowest BCUT2D eigenvalue weighted by Gasteiger charge is -2.35. The number of rotatable bonds is 6. The predicted molar refractivity (Wildman–Crippen MR) is 121 cm³/mol. The molecular formula is C25H24N4O3. The van der Waals surface area contributed by atoms with Gasteiger partial charge in [-0.15, -0.1) is 0 Å². The van der Waals surface area contributed by atoms with Crippen molar-refractivity contribution in [3.8, 4) is 17.2 Å². The van der Waals surface area contributed by atoms with E-state index in [1.165, 1.54) is 0 Å². The van der Waals surface area contributed by atoms with E-state index >= 15 is 0 Å². The van der Waals surface area contributed by atoms with Gasteiger partial charge in [-0.3, -0.25) is 4.90 Å². The van der Waals surface area contributed by atoms with Crippen LogP contribution in [0.15, 0.2) is 66.9 Å². The number of carboxylic acid groups (broad SMARTS) is 1. The monoisotopic (exact) mass is 428 g/mol. The van der Waals surface area contributed by atoms with E-state index in [4.69, 9.17) is 15.1 Å². The molecule has 2 aromatic carbocycles. The quantitative estimate of drug-likeness (QED) is 0.590. The zero-order chi connectivity index (χ0) is 22.3. The topological polar surface area (TPSA) is 89.7 Å². The Hall–Kier alpha value is -3.89. The van der Waals surface area contributed by atoms with Crippen LogP contribution in [0, 0.1) is 11.3 Å². The van der Waals surface area contributed by atoms with Gasteiger partial charge in [-0.25, -0.2) is 9.78 Å². The van der Waals surface area contributed by atoms with Gasteiger partial charge in [-0.05, 0) is 46.5 Å². The minimum atomic E-state index is -1.28. The summed E-state index contributed by atoms with van der Waals surface area (Å²) in [5.74, 6) is 0.998. The molecule has 0 bridgehead atoms. The third-order valence-electron chi connectivity index (χ3n) is 5.60. The third kappa shape index (κ3) is 5.23. The maximum atomic E-state index is 10.8. The average Bonchev–Trinajstić information content (AvgIpc) is 2.84. The second-order valence-electron chi connectivity index (χ2n) is 7.69. The van der Waals surface area contributed by atoms with Gasteiger partial charge in [0.2, 0.25) is 0 Å². The van der Waals surface area contributed by atoms with Crippen LogP contribution in [0.3, 0.4) is 0 Å². The van der Waals surface area contributed by atoms with Crippen molar-refractivity contribution < 1.29 is 14.6 Å². The van der Waals surface area contributed by atoms with Crippen LogP contribution in [0.5, 0.6) is 0 Å². The fourth-order valence-electron chi connectivity index (χ4n) is 3.94. The van der Waals surface area contributed by atoms with Crippen LogP contribution in [-0.4, -0.2) is 47.3 Å². The number of hydrogen-bond acceptors (Lipinski definition) is 6. The highest BCUT2D eigenvalue weighted by Crippen LogP contribution is 2.27. The summed E-state index contributed by atoms with van der Waals surface area (Å²) in [4.78, 5) is 19.9. The van der Waals surface area contributed by atoms with Gasteiger partial charge in [0.25, 0.3) is 0 Å². The lowest BCUT2D eigenvalue weighted by Crippen LogP contribution is -2.46. The molecule has 1 aliphatic rings. The minimum absolute atomic E-state index is 0.0173. The normalized spacial score (nSPS) is 14.0. The van der Waals surface area contributed by atoms with Gasteiger partial charge in [-0.1, -0.05) is 36.4 Å². The van der Waals surface area contributed by atoms with Crippen molar-refractivity contribution in [1.82, 2.24) is 9.88 Å².